The standard InChI is InChI=1S/C13H26N6/c1-12(2,3)7-15-10-17-9(14)18-11(19-10)16-8-13(4,5)6/h7-8H2,1-6H3,(H4,14,15,16,17,18,19). The Kier molecular flexibility index (Phi) is 4.55. The van der Waals surface area contributed by atoms with E-state index in [4.69, 9.17) is 5.73 Å². The van der Waals surface area contributed by atoms with E-state index >= 15 is 0 Å². The summed E-state index contributed by atoms with van der Waals surface area (Å²) in [5.74, 6) is 1.25. The Balaban J connectivity index is 2.71. The highest BCUT2D eigenvalue weighted by atomic mass is 15.2. The molecule has 1 aromatic rings. The third-order valence-corrected chi connectivity index (χ3v) is 2.21. The van der Waals surface area contributed by atoms with Crippen LogP contribution in [0.25, 0.3) is 0 Å². The van der Waals surface area contributed by atoms with Crippen LogP contribution in [0.1, 0.15) is 41.5 Å². The fraction of sp³-hybridized carbons (Fsp3) is 0.769. The number of hydrogen-bond acceptors (Lipinski definition) is 6. The van der Waals surface area contributed by atoms with Crippen molar-refractivity contribution in [1.82, 2.24) is 15.0 Å². The maximum Gasteiger partial charge on any atom is 0.229 e. The van der Waals surface area contributed by atoms with Crippen LogP contribution in [0, 0.1) is 10.8 Å². The first-order chi connectivity index (χ1) is 8.55. The summed E-state index contributed by atoms with van der Waals surface area (Å²) in [6.07, 6.45) is 0. The normalized spacial score (nSPS) is 12.3. The van der Waals surface area contributed by atoms with Gasteiger partial charge in [0.1, 0.15) is 0 Å². The van der Waals surface area contributed by atoms with E-state index in [2.05, 4.69) is 67.1 Å². The van der Waals surface area contributed by atoms with Crippen molar-refractivity contribution in [3.63, 3.8) is 0 Å². The second-order valence-corrected chi connectivity index (χ2v) is 7.17. The Morgan fingerprint density at radius 2 is 1.16 bits per heavy atom. The van der Waals surface area contributed by atoms with Crippen LogP contribution in [-0.4, -0.2) is 28.0 Å². The van der Waals surface area contributed by atoms with Gasteiger partial charge in [0.2, 0.25) is 17.8 Å². The molecule has 0 radical (unpaired) electrons. The lowest BCUT2D eigenvalue weighted by molar-refractivity contribution is 0.440. The Labute approximate surface area is 115 Å². The van der Waals surface area contributed by atoms with Crippen LogP contribution in [0.15, 0.2) is 0 Å². The molecule has 0 aliphatic rings. The van der Waals surface area contributed by atoms with Crippen molar-refractivity contribution >= 4 is 17.8 Å². The lowest BCUT2D eigenvalue weighted by Gasteiger charge is -2.20. The van der Waals surface area contributed by atoms with Crippen LogP contribution >= 0.6 is 0 Å². The Morgan fingerprint density at radius 3 is 1.47 bits per heavy atom. The van der Waals surface area contributed by atoms with E-state index in [1.54, 1.807) is 0 Å². The van der Waals surface area contributed by atoms with Crippen LogP contribution in [0.5, 0.6) is 0 Å². The molecule has 6 nitrogen and oxygen atoms in total. The van der Waals surface area contributed by atoms with Crippen molar-refractivity contribution in [3.8, 4) is 0 Å². The summed E-state index contributed by atoms with van der Waals surface area (Å²) in [5.41, 5.74) is 6.00. The van der Waals surface area contributed by atoms with Crippen LogP contribution in [0.3, 0.4) is 0 Å². The van der Waals surface area contributed by atoms with E-state index in [0.29, 0.717) is 11.9 Å². The Morgan fingerprint density at radius 1 is 0.789 bits per heavy atom. The van der Waals surface area contributed by atoms with Gasteiger partial charge in [-0.15, -0.1) is 0 Å². The van der Waals surface area contributed by atoms with Gasteiger partial charge in [-0.3, -0.25) is 0 Å². The van der Waals surface area contributed by atoms with Gasteiger partial charge in [-0.25, -0.2) is 0 Å². The second kappa shape index (κ2) is 5.59. The van der Waals surface area contributed by atoms with Crippen LogP contribution in [0.2, 0.25) is 0 Å². The predicted octanol–water partition coefficient (Wildman–Crippen LogP) is 2.37. The third-order valence-electron chi connectivity index (χ3n) is 2.21. The van der Waals surface area contributed by atoms with E-state index in [1.807, 2.05) is 0 Å². The number of nitrogen functional groups attached to an aromatic ring is 1. The SMILES string of the molecule is CC(C)(C)CNc1nc(N)nc(NCC(C)(C)C)n1. The molecule has 0 bridgehead atoms. The molecule has 6 heteroatoms. The first-order valence-electron chi connectivity index (χ1n) is 6.54. The Bertz CT molecular complexity index is 380. The molecule has 0 saturated carbocycles. The molecule has 0 saturated heterocycles. The van der Waals surface area contributed by atoms with E-state index in [-0.39, 0.29) is 16.8 Å². The molecule has 0 fully saturated rings. The summed E-state index contributed by atoms with van der Waals surface area (Å²) in [6.45, 7) is 14.4. The highest BCUT2D eigenvalue weighted by molar-refractivity contribution is 5.40. The number of hydrogen-bond donors (Lipinski definition) is 3. The number of rotatable bonds is 4. The molecule has 1 rings (SSSR count). The molecular weight excluding hydrogens is 240 g/mol. The van der Waals surface area contributed by atoms with Gasteiger partial charge in [-0.2, -0.15) is 15.0 Å². The minimum atomic E-state index is 0.153. The summed E-state index contributed by atoms with van der Waals surface area (Å²) < 4.78 is 0. The summed E-state index contributed by atoms with van der Waals surface area (Å²) in [7, 11) is 0. The number of nitrogens with two attached hydrogens (primary N) is 1. The molecule has 0 aliphatic heterocycles. The summed E-state index contributed by atoms with van der Waals surface area (Å²) >= 11 is 0. The molecule has 0 unspecified atom stereocenters. The van der Waals surface area contributed by atoms with Gasteiger partial charge in [-0.1, -0.05) is 41.5 Å². The van der Waals surface area contributed by atoms with Crippen molar-refractivity contribution in [2.24, 2.45) is 10.8 Å². The fourth-order valence-electron chi connectivity index (χ4n) is 1.24. The van der Waals surface area contributed by atoms with E-state index in [9.17, 15) is 0 Å². The number of nitrogens with one attached hydrogen (secondary N) is 2. The molecule has 0 aliphatic carbocycles. The maximum absolute atomic E-state index is 5.70. The topological polar surface area (TPSA) is 88.8 Å². The molecular formula is C13H26N6. The minimum Gasteiger partial charge on any atom is -0.368 e. The lowest BCUT2D eigenvalue weighted by Crippen LogP contribution is -2.23. The van der Waals surface area contributed by atoms with E-state index in [1.165, 1.54) is 0 Å². The first-order valence-corrected chi connectivity index (χ1v) is 6.54. The van der Waals surface area contributed by atoms with Crippen molar-refractivity contribution in [2.45, 2.75) is 41.5 Å². The van der Waals surface area contributed by atoms with Gasteiger partial charge in [-0.05, 0) is 10.8 Å². The average molecular weight is 266 g/mol. The zero-order chi connectivity index (χ0) is 14.7. The van der Waals surface area contributed by atoms with Crippen molar-refractivity contribution in [3.05, 3.63) is 0 Å². The van der Waals surface area contributed by atoms with E-state index in [0.717, 1.165) is 13.1 Å². The van der Waals surface area contributed by atoms with Crippen molar-refractivity contribution < 1.29 is 0 Å². The maximum atomic E-state index is 5.70. The molecule has 4 N–H and O–H groups in total. The van der Waals surface area contributed by atoms with Crippen molar-refractivity contribution in [1.29, 1.82) is 0 Å². The van der Waals surface area contributed by atoms with Crippen molar-refractivity contribution in [2.75, 3.05) is 29.5 Å². The molecule has 0 spiro atoms. The zero-order valence-corrected chi connectivity index (χ0v) is 12.8. The lowest BCUT2D eigenvalue weighted by atomic mass is 9.97. The number of aromatic nitrogens is 3. The van der Waals surface area contributed by atoms with Gasteiger partial charge < -0.3 is 16.4 Å². The Hall–Kier alpha value is -1.59. The summed E-state index contributed by atoms with van der Waals surface area (Å²) in [4.78, 5) is 12.5. The van der Waals surface area contributed by atoms with Gasteiger partial charge in [0.15, 0.2) is 0 Å². The minimum absolute atomic E-state index is 0.153. The van der Waals surface area contributed by atoms with Gasteiger partial charge in [0, 0.05) is 13.1 Å². The monoisotopic (exact) mass is 266 g/mol. The molecule has 1 heterocycles. The third kappa shape index (κ3) is 6.79. The quantitative estimate of drug-likeness (QED) is 0.775. The highest BCUT2D eigenvalue weighted by Gasteiger charge is 2.13. The first kappa shape index (κ1) is 15.5. The molecule has 0 aromatic carbocycles. The number of anilines is 3. The van der Waals surface area contributed by atoms with Crippen LogP contribution in [0.4, 0.5) is 17.8 Å². The largest absolute Gasteiger partial charge is 0.368 e. The molecule has 0 atom stereocenters. The highest BCUT2D eigenvalue weighted by Crippen LogP contribution is 2.16. The second-order valence-electron chi connectivity index (χ2n) is 7.17. The van der Waals surface area contributed by atoms with Crippen LogP contribution in [-0.2, 0) is 0 Å². The van der Waals surface area contributed by atoms with Gasteiger partial charge >= 0.3 is 0 Å². The molecule has 0 amide bonds. The molecule has 108 valence electrons. The molecule has 1 aromatic heterocycles. The van der Waals surface area contributed by atoms with Crippen LogP contribution < -0.4 is 16.4 Å². The fourth-order valence-corrected chi connectivity index (χ4v) is 1.24. The van der Waals surface area contributed by atoms with E-state index < -0.39 is 0 Å². The average Bonchev–Trinajstić information content (AvgIpc) is 2.21. The van der Waals surface area contributed by atoms with Gasteiger partial charge in [0.05, 0.1) is 0 Å². The smallest absolute Gasteiger partial charge is 0.229 e. The number of nitrogens with zero attached hydrogens (tertiary/aromatic N) is 3. The van der Waals surface area contributed by atoms with Gasteiger partial charge in [0.25, 0.3) is 0 Å². The predicted molar refractivity (Wildman–Crippen MR) is 80.1 cm³/mol. The summed E-state index contributed by atoms with van der Waals surface area (Å²) in [6, 6.07) is 0. The molecule has 19 heavy (non-hydrogen) atoms. The summed E-state index contributed by atoms with van der Waals surface area (Å²) in [5, 5.41) is 6.36. The zero-order valence-electron chi connectivity index (χ0n) is 12.8.